The highest BCUT2D eigenvalue weighted by Gasteiger charge is 2.23. The maximum atomic E-state index is 13.8. The number of nitrogens with one attached hydrogen (secondary N) is 2. The number of carbonyl (C=O) groups excluding carboxylic acids is 2. The van der Waals surface area contributed by atoms with Gasteiger partial charge in [0.2, 0.25) is 5.91 Å². The van der Waals surface area contributed by atoms with Crippen LogP contribution in [0.15, 0.2) is 54.6 Å². The average molecular weight is 443 g/mol. The van der Waals surface area contributed by atoms with E-state index in [1.54, 1.807) is 18.0 Å². The van der Waals surface area contributed by atoms with E-state index >= 15 is 0 Å². The van der Waals surface area contributed by atoms with Crippen molar-refractivity contribution in [2.45, 2.75) is 19.0 Å². The van der Waals surface area contributed by atoms with E-state index in [9.17, 15) is 14.0 Å². The number of amides is 3. The van der Waals surface area contributed by atoms with E-state index < -0.39 is 0 Å². The molecule has 0 saturated carbocycles. The molecule has 1 saturated heterocycles. The van der Waals surface area contributed by atoms with Gasteiger partial charge in [-0.15, -0.1) is 0 Å². The average Bonchev–Trinajstić information content (AvgIpc) is 2.80. The van der Waals surface area contributed by atoms with Crippen LogP contribution in [0.25, 0.3) is 0 Å². The Morgan fingerprint density at radius 3 is 2.56 bits per heavy atom. The van der Waals surface area contributed by atoms with Gasteiger partial charge in [0.25, 0.3) is 0 Å². The smallest absolute Gasteiger partial charge is 0.317 e. The molecule has 2 aromatic carbocycles. The molecule has 2 aromatic rings. The van der Waals surface area contributed by atoms with Crippen molar-refractivity contribution in [3.63, 3.8) is 0 Å². The molecule has 0 spiro atoms. The number of carbonyl (C=O) groups is 2. The van der Waals surface area contributed by atoms with E-state index in [4.69, 9.17) is 4.74 Å². The van der Waals surface area contributed by atoms with Gasteiger partial charge < -0.3 is 20.3 Å². The number of nitrogens with zero attached hydrogens (tertiary/aromatic N) is 2. The lowest BCUT2D eigenvalue weighted by molar-refractivity contribution is -0.121. The molecule has 8 heteroatoms. The number of benzene rings is 2. The maximum absolute atomic E-state index is 13.8. The van der Waals surface area contributed by atoms with Gasteiger partial charge in [-0.3, -0.25) is 9.69 Å². The zero-order chi connectivity index (χ0) is 22.8. The molecule has 3 rings (SSSR count). The summed E-state index contributed by atoms with van der Waals surface area (Å²) in [6.45, 7) is 3.77. The van der Waals surface area contributed by atoms with Crippen LogP contribution in [-0.4, -0.2) is 68.2 Å². The molecule has 3 amide bonds. The predicted octanol–water partition coefficient (Wildman–Crippen LogP) is 2.55. The van der Waals surface area contributed by atoms with Gasteiger partial charge in [0.15, 0.2) is 0 Å². The third-order valence-electron chi connectivity index (χ3n) is 5.45. The highest BCUT2D eigenvalue weighted by atomic mass is 19.1. The molecule has 32 heavy (non-hydrogen) atoms. The Morgan fingerprint density at radius 2 is 1.84 bits per heavy atom. The van der Waals surface area contributed by atoms with Gasteiger partial charge in [-0.05, 0) is 23.3 Å². The first kappa shape index (κ1) is 23.7. The minimum Gasteiger partial charge on any atom is -0.379 e. The van der Waals surface area contributed by atoms with Crippen LogP contribution in [0.5, 0.6) is 0 Å². The molecule has 0 aromatic heterocycles. The first-order chi connectivity index (χ1) is 15.5. The Bertz CT molecular complexity index is 875. The zero-order valence-electron chi connectivity index (χ0n) is 18.4. The number of rotatable bonds is 9. The summed E-state index contributed by atoms with van der Waals surface area (Å²) in [6, 6.07) is 15.8. The minimum absolute atomic E-state index is 0.134. The van der Waals surface area contributed by atoms with Crippen LogP contribution in [0.2, 0.25) is 0 Å². The number of ether oxygens (including phenoxy) is 1. The molecule has 0 aliphatic carbocycles. The fraction of sp³-hybridized carbons (Fsp3) is 0.417. The molecule has 172 valence electrons. The number of hydrogen-bond donors (Lipinski definition) is 2. The van der Waals surface area contributed by atoms with Crippen molar-refractivity contribution in [2.24, 2.45) is 0 Å². The van der Waals surface area contributed by atoms with E-state index in [0.717, 1.165) is 24.2 Å². The Morgan fingerprint density at radius 1 is 1.09 bits per heavy atom. The van der Waals surface area contributed by atoms with Crippen molar-refractivity contribution in [3.05, 3.63) is 71.5 Å². The highest BCUT2D eigenvalue weighted by Crippen LogP contribution is 2.22. The Kier molecular flexibility index (Phi) is 9.01. The van der Waals surface area contributed by atoms with E-state index in [-0.39, 0.29) is 36.8 Å². The van der Waals surface area contributed by atoms with Crippen LogP contribution >= 0.6 is 0 Å². The molecule has 2 N–H and O–H groups in total. The van der Waals surface area contributed by atoms with Gasteiger partial charge in [-0.25, -0.2) is 9.18 Å². The van der Waals surface area contributed by atoms with Gasteiger partial charge in [-0.2, -0.15) is 0 Å². The minimum atomic E-state index is -0.297. The number of urea groups is 1. The van der Waals surface area contributed by atoms with E-state index in [0.29, 0.717) is 26.3 Å². The standard InChI is InChI=1S/C24H31FN4O3/c1-28(18-19-6-3-2-4-7-19)24(31)26-11-10-23(30)27-17-22(29-12-14-32-15-13-29)20-8-5-9-21(25)16-20/h2-9,16,22H,10-15,17-18H2,1H3,(H,26,31)(H,27,30). The lowest BCUT2D eigenvalue weighted by Gasteiger charge is -2.35. The molecule has 1 heterocycles. The van der Waals surface area contributed by atoms with Crippen molar-refractivity contribution >= 4 is 11.9 Å². The van der Waals surface area contributed by atoms with Crippen LogP contribution in [-0.2, 0) is 16.1 Å². The van der Waals surface area contributed by atoms with Crippen molar-refractivity contribution < 1.29 is 18.7 Å². The fourth-order valence-corrected chi connectivity index (χ4v) is 3.71. The molecule has 7 nitrogen and oxygen atoms in total. The Balaban J connectivity index is 1.45. The van der Waals surface area contributed by atoms with Gasteiger partial charge >= 0.3 is 6.03 Å². The lowest BCUT2D eigenvalue weighted by atomic mass is 10.0. The van der Waals surface area contributed by atoms with Crippen LogP contribution in [0, 0.1) is 5.82 Å². The molecule has 1 fully saturated rings. The van der Waals surface area contributed by atoms with Crippen LogP contribution in [0.4, 0.5) is 9.18 Å². The van der Waals surface area contributed by atoms with E-state index in [1.807, 2.05) is 36.4 Å². The molecule has 1 atom stereocenters. The summed E-state index contributed by atoms with van der Waals surface area (Å²) in [5, 5.41) is 5.71. The van der Waals surface area contributed by atoms with Crippen molar-refractivity contribution in [1.82, 2.24) is 20.4 Å². The summed E-state index contributed by atoms with van der Waals surface area (Å²) in [6.07, 6.45) is 0.171. The summed E-state index contributed by atoms with van der Waals surface area (Å²) in [5.74, 6) is -0.458. The third kappa shape index (κ3) is 7.32. The molecule has 1 aliphatic heterocycles. The second-order valence-electron chi connectivity index (χ2n) is 7.85. The SMILES string of the molecule is CN(Cc1ccccc1)C(=O)NCCC(=O)NCC(c1cccc(F)c1)N1CCOCC1. The van der Waals surface area contributed by atoms with Crippen LogP contribution < -0.4 is 10.6 Å². The zero-order valence-corrected chi connectivity index (χ0v) is 18.4. The maximum Gasteiger partial charge on any atom is 0.317 e. The first-order valence-corrected chi connectivity index (χ1v) is 10.9. The van der Waals surface area contributed by atoms with Crippen LogP contribution in [0.3, 0.4) is 0 Å². The molecule has 0 radical (unpaired) electrons. The largest absolute Gasteiger partial charge is 0.379 e. The Hall–Kier alpha value is -2.97. The normalized spacial score (nSPS) is 15.1. The van der Waals surface area contributed by atoms with E-state index in [2.05, 4.69) is 15.5 Å². The Labute approximate surface area is 188 Å². The predicted molar refractivity (Wildman–Crippen MR) is 120 cm³/mol. The third-order valence-corrected chi connectivity index (χ3v) is 5.45. The summed E-state index contributed by atoms with van der Waals surface area (Å²) in [4.78, 5) is 28.4. The van der Waals surface area contributed by atoms with Crippen molar-refractivity contribution in [1.29, 1.82) is 0 Å². The number of morpholine rings is 1. The second-order valence-corrected chi connectivity index (χ2v) is 7.85. The van der Waals surface area contributed by atoms with Crippen LogP contribution in [0.1, 0.15) is 23.6 Å². The van der Waals surface area contributed by atoms with E-state index in [1.165, 1.54) is 12.1 Å². The van der Waals surface area contributed by atoms with Gasteiger partial charge in [0, 0.05) is 46.2 Å². The van der Waals surface area contributed by atoms with Gasteiger partial charge in [-0.1, -0.05) is 42.5 Å². The molecular weight excluding hydrogens is 411 g/mol. The summed E-state index contributed by atoms with van der Waals surface area (Å²) >= 11 is 0. The topological polar surface area (TPSA) is 73.9 Å². The summed E-state index contributed by atoms with van der Waals surface area (Å²) in [5.41, 5.74) is 1.86. The number of halogens is 1. The van der Waals surface area contributed by atoms with Gasteiger partial charge in [0.05, 0.1) is 19.3 Å². The van der Waals surface area contributed by atoms with Crippen molar-refractivity contribution in [2.75, 3.05) is 46.4 Å². The molecule has 1 aliphatic rings. The summed E-state index contributed by atoms with van der Waals surface area (Å²) in [7, 11) is 1.72. The fourth-order valence-electron chi connectivity index (χ4n) is 3.71. The quantitative estimate of drug-likeness (QED) is 0.626. The van der Waals surface area contributed by atoms with Gasteiger partial charge in [0.1, 0.15) is 5.82 Å². The number of hydrogen-bond acceptors (Lipinski definition) is 4. The highest BCUT2D eigenvalue weighted by molar-refractivity contribution is 5.78. The molecular formula is C24H31FN4O3. The lowest BCUT2D eigenvalue weighted by Crippen LogP contribution is -2.44. The summed E-state index contributed by atoms with van der Waals surface area (Å²) < 4.78 is 19.2. The first-order valence-electron chi connectivity index (χ1n) is 10.9. The molecule has 0 bridgehead atoms. The monoisotopic (exact) mass is 442 g/mol. The van der Waals surface area contributed by atoms with Crippen molar-refractivity contribution in [3.8, 4) is 0 Å². The second kappa shape index (κ2) is 12.2. The molecule has 1 unspecified atom stereocenters.